The zero-order chi connectivity index (χ0) is 20.0. The van der Waals surface area contributed by atoms with Gasteiger partial charge in [-0.15, -0.1) is 15.3 Å². The molecule has 0 atom stereocenters. The number of hydrogen-bond acceptors (Lipinski definition) is 6. The normalized spacial score (nSPS) is 13.6. The van der Waals surface area contributed by atoms with Crippen molar-refractivity contribution < 1.29 is 9.13 Å². The summed E-state index contributed by atoms with van der Waals surface area (Å²) < 4.78 is 20.7. The van der Waals surface area contributed by atoms with E-state index in [-0.39, 0.29) is 5.82 Å². The zero-order valence-electron chi connectivity index (χ0n) is 16.1. The largest absolute Gasteiger partial charge is 0.456 e. The van der Waals surface area contributed by atoms with Crippen molar-refractivity contribution in [2.75, 3.05) is 11.4 Å². The molecule has 0 spiro atoms. The maximum absolute atomic E-state index is 13.1. The lowest BCUT2D eigenvalue weighted by atomic mass is 10.0. The molecule has 0 saturated heterocycles. The molecule has 5 rings (SSSR count). The number of aryl methyl sites for hydroxylation is 1. The third-order valence-corrected chi connectivity index (χ3v) is 5.33. The lowest BCUT2D eigenvalue weighted by molar-refractivity contribution is 0.475. The highest BCUT2D eigenvalue weighted by Gasteiger charge is 2.22. The van der Waals surface area contributed by atoms with Crippen molar-refractivity contribution in [3.05, 3.63) is 71.1 Å². The van der Waals surface area contributed by atoms with Gasteiger partial charge in [-0.05, 0) is 49.7 Å². The molecular formula is C21H19FN6O. The number of halogens is 1. The second-order valence-electron chi connectivity index (χ2n) is 7.18. The first kappa shape index (κ1) is 17.5. The van der Waals surface area contributed by atoms with E-state index in [0.29, 0.717) is 18.0 Å². The van der Waals surface area contributed by atoms with Crippen LogP contribution in [0.2, 0.25) is 0 Å². The molecule has 7 nitrogen and oxygen atoms in total. The Morgan fingerprint density at radius 3 is 2.72 bits per heavy atom. The molecular weight excluding hydrogens is 371 g/mol. The molecule has 0 unspecified atom stereocenters. The molecule has 4 aromatic rings. The fraction of sp³-hybridized carbons (Fsp3) is 0.238. The first-order chi connectivity index (χ1) is 14.1. The fourth-order valence-corrected chi connectivity index (χ4v) is 3.64. The summed E-state index contributed by atoms with van der Waals surface area (Å²) in [7, 11) is 0. The Morgan fingerprint density at radius 2 is 1.90 bits per heavy atom. The van der Waals surface area contributed by atoms with E-state index < -0.39 is 0 Å². The molecule has 0 aliphatic carbocycles. The second kappa shape index (κ2) is 6.80. The van der Waals surface area contributed by atoms with Crippen LogP contribution in [0, 0.1) is 19.7 Å². The van der Waals surface area contributed by atoms with Crippen LogP contribution in [0.5, 0.6) is 11.5 Å². The van der Waals surface area contributed by atoms with Gasteiger partial charge in [-0.3, -0.25) is 4.98 Å². The first-order valence-electron chi connectivity index (χ1n) is 9.42. The van der Waals surface area contributed by atoms with E-state index in [0.717, 1.165) is 46.8 Å². The van der Waals surface area contributed by atoms with Gasteiger partial charge >= 0.3 is 0 Å². The van der Waals surface area contributed by atoms with Gasteiger partial charge in [0.25, 0.3) is 0 Å². The summed E-state index contributed by atoms with van der Waals surface area (Å²) in [6, 6.07) is 7.95. The van der Waals surface area contributed by atoms with Crippen LogP contribution < -0.4 is 9.64 Å². The number of pyridine rings is 1. The molecule has 0 amide bonds. The predicted octanol–water partition coefficient (Wildman–Crippen LogP) is 3.63. The van der Waals surface area contributed by atoms with Crippen LogP contribution >= 0.6 is 0 Å². The van der Waals surface area contributed by atoms with Crippen molar-refractivity contribution in [1.29, 1.82) is 0 Å². The van der Waals surface area contributed by atoms with Gasteiger partial charge in [0.1, 0.15) is 23.6 Å². The maximum atomic E-state index is 13.1. The van der Waals surface area contributed by atoms with Crippen molar-refractivity contribution in [2.45, 2.75) is 26.8 Å². The molecule has 3 aromatic heterocycles. The molecule has 146 valence electrons. The molecule has 0 saturated carbocycles. The van der Waals surface area contributed by atoms with E-state index in [1.165, 1.54) is 12.1 Å². The molecule has 1 aliphatic heterocycles. The fourth-order valence-electron chi connectivity index (χ4n) is 3.64. The van der Waals surface area contributed by atoms with E-state index >= 15 is 0 Å². The minimum Gasteiger partial charge on any atom is -0.456 e. The van der Waals surface area contributed by atoms with Crippen LogP contribution in [0.4, 0.5) is 10.2 Å². The molecule has 0 fully saturated rings. The number of anilines is 1. The monoisotopic (exact) mass is 390 g/mol. The zero-order valence-corrected chi connectivity index (χ0v) is 16.1. The third kappa shape index (κ3) is 3.16. The molecule has 29 heavy (non-hydrogen) atoms. The lowest BCUT2D eigenvalue weighted by Crippen LogP contribution is -2.32. The van der Waals surface area contributed by atoms with E-state index in [9.17, 15) is 4.39 Å². The molecule has 0 N–H and O–H groups in total. The van der Waals surface area contributed by atoms with Gasteiger partial charge in [-0.2, -0.15) is 4.52 Å². The number of nitrogens with zero attached hydrogens (tertiary/aromatic N) is 6. The van der Waals surface area contributed by atoms with Crippen LogP contribution in [0.1, 0.15) is 22.4 Å². The minimum absolute atomic E-state index is 0.292. The van der Waals surface area contributed by atoms with Gasteiger partial charge in [-0.1, -0.05) is 0 Å². The SMILES string of the molecule is Cc1c(N2CCc3ncc(Oc4ccc(F)cc4)cc3C2)nn2cnnc2c1C. The number of benzene rings is 1. The Balaban J connectivity index is 1.44. The predicted molar refractivity (Wildman–Crippen MR) is 106 cm³/mol. The van der Waals surface area contributed by atoms with Crippen LogP contribution in [-0.2, 0) is 13.0 Å². The van der Waals surface area contributed by atoms with Crippen molar-refractivity contribution in [1.82, 2.24) is 24.8 Å². The average Bonchev–Trinajstić information content (AvgIpc) is 3.21. The van der Waals surface area contributed by atoms with E-state index in [1.54, 1.807) is 29.2 Å². The number of aromatic nitrogens is 5. The quantitative estimate of drug-likeness (QED) is 0.532. The average molecular weight is 390 g/mol. The highest BCUT2D eigenvalue weighted by molar-refractivity contribution is 5.59. The molecule has 0 bridgehead atoms. The van der Waals surface area contributed by atoms with Crippen LogP contribution in [0.15, 0.2) is 42.9 Å². The minimum atomic E-state index is -0.292. The van der Waals surface area contributed by atoms with Crippen LogP contribution in [-0.4, -0.2) is 31.3 Å². The molecule has 8 heteroatoms. The Kier molecular flexibility index (Phi) is 4.12. The molecule has 1 aliphatic rings. The van der Waals surface area contributed by atoms with Gasteiger partial charge < -0.3 is 9.64 Å². The number of fused-ring (bicyclic) bond motifs is 2. The van der Waals surface area contributed by atoms with Gasteiger partial charge in [0, 0.05) is 36.3 Å². The Hall–Kier alpha value is -3.55. The van der Waals surface area contributed by atoms with Gasteiger partial charge in [-0.25, -0.2) is 4.39 Å². The maximum Gasteiger partial charge on any atom is 0.180 e. The van der Waals surface area contributed by atoms with Crippen LogP contribution in [0.25, 0.3) is 5.65 Å². The summed E-state index contributed by atoms with van der Waals surface area (Å²) in [6.07, 6.45) is 4.17. The summed E-state index contributed by atoms with van der Waals surface area (Å²) in [4.78, 5) is 6.81. The molecule has 4 heterocycles. The number of ether oxygens (including phenoxy) is 1. The van der Waals surface area contributed by atoms with Gasteiger partial charge in [0.05, 0.1) is 6.20 Å². The summed E-state index contributed by atoms with van der Waals surface area (Å²) in [5, 5.41) is 12.8. The van der Waals surface area contributed by atoms with Crippen molar-refractivity contribution in [3.63, 3.8) is 0 Å². The third-order valence-electron chi connectivity index (χ3n) is 5.33. The summed E-state index contributed by atoms with van der Waals surface area (Å²) in [5.74, 6) is 1.84. The number of hydrogen-bond donors (Lipinski definition) is 0. The second-order valence-corrected chi connectivity index (χ2v) is 7.18. The van der Waals surface area contributed by atoms with Gasteiger partial charge in [0.2, 0.25) is 0 Å². The van der Waals surface area contributed by atoms with E-state index in [1.807, 2.05) is 13.0 Å². The topological polar surface area (TPSA) is 68.4 Å². The Morgan fingerprint density at radius 1 is 1.07 bits per heavy atom. The summed E-state index contributed by atoms with van der Waals surface area (Å²) in [5.41, 5.74) is 5.11. The molecule has 0 radical (unpaired) electrons. The van der Waals surface area contributed by atoms with Crippen molar-refractivity contribution in [3.8, 4) is 11.5 Å². The smallest absolute Gasteiger partial charge is 0.180 e. The summed E-state index contributed by atoms with van der Waals surface area (Å²) in [6.45, 7) is 5.62. The van der Waals surface area contributed by atoms with E-state index in [4.69, 9.17) is 9.84 Å². The standard InChI is InChI=1S/C21H19FN6O/c1-13-14(2)21(26-28-12-24-25-20(13)28)27-8-7-19-15(11-27)9-18(10-23-19)29-17-5-3-16(22)4-6-17/h3-6,9-10,12H,7-8,11H2,1-2H3. The Bertz CT molecular complexity index is 1200. The van der Waals surface area contributed by atoms with E-state index in [2.05, 4.69) is 27.0 Å². The molecule has 1 aromatic carbocycles. The summed E-state index contributed by atoms with van der Waals surface area (Å²) >= 11 is 0. The van der Waals surface area contributed by atoms with Gasteiger partial charge in [0.15, 0.2) is 11.5 Å². The first-order valence-corrected chi connectivity index (χ1v) is 9.42. The van der Waals surface area contributed by atoms with Crippen LogP contribution in [0.3, 0.4) is 0 Å². The van der Waals surface area contributed by atoms with Crippen molar-refractivity contribution >= 4 is 11.5 Å². The lowest BCUT2D eigenvalue weighted by Gasteiger charge is -2.30. The highest BCUT2D eigenvalue weighted by atomic mass is 19.1. The highest BCUT2D eigenvalue weighted by Crippen LogP contribution is 2.30. The Labute approximate surface area is 166 Å². The number of rotatable bonds is 3. The van der Waals surface area contributed by atoms with Crippen molar-refractivity contribution in [2.24, 2.45) is 0 Å².